The first-order valence-electron chi connectivity index (χ1n) is 8.17. The third-order valence-electron chi connectivity index (χ3n) is 4.16. The van der Waals surface area contributed by atoms with Gasteiger partial charge in [-0.2, -0.15) is 26.3 Å². The molecule has 0 N–H and O–H groups in total. The summed E-state index contributed by atoms with van der Waals surface area (Å²) >= 11 is 0. The van der Waals surface area contributed by atoms with Gasteiger partial charge < -0.3 is 9.64 Å². The number of halogens is 6. The molecule has 1 aliphatic rings. The summed E-state index contributed by atoms with van der Waals surface area (Å²) in [5, 5.41) is 0. The predicted molar refractivity (Wildman–Crippen MR) is 89.3 cm³/mol. The van der Waals surface area contributed by atoms with Crippen LogP contribution in [0.25, 0.3) is 0 Å². The minimum Gasteiger partial charge on any atom is -0.484 e. The van der Waals surface area contributed by atoms with Gasteiger partial charge in [-0.05, 0) is 44.2 Å². The number of hydrogen-bond acceptors (Lipinski definition) is 2. The number of ether oxygens (including phenoxy) is 1. The van der Waals surface area contributed by atoms with E-state index in [1.807, 2.05) is 0 Å². The Balaban J connectivity index is 2.12. The second-order valence-corrected chi connectivity index (χ2v) is 7.02. The molecule has 0 atom stereocenters. The minimum atomic E-state index is -5.03. The Morgan fingerprint density at radius 1 is 0.964 bits per heavy atom. The smallest absolute Gasteiger partial charge is 0.416 e. The van der Waals surface area contributed by atoms with E-state index in [-0.39, 0.29) is 18.3 Å². The fraction of sp³-hybridized carbons (Fsp3) is 0.316. The first-order valence-corrected chi connectivity index (χ1v) is 8.17. The van der Waals surface area contributed by atoms with E-state index in [9.17, 15) is 31.1 Å². The largest absolute Gasteiger partial charge is 0.484 e. The highest BCUT2D eigenvalue weighted by atomic mass is 19.4. The average molecular weight is 403 g/mol. The molecule has 0 radical (unpaired) electrons. The van der Waals surface area contributed by atoms with E-state index >= 15 is 0 Å². The van der Waals surface area contributed by atoms with Crippen LogP contribution in [0.1, 0.15) is 35.3 Å². The normalized spacial score (nSPS) is 16.4. The molecule has 0 aromatic heterocycles. The van der Waals surface area contributed by atoms with Crippen LogP contribution >= 0.6 is 0 Å². The van der Waals surface area contributed by atoms with Crippen molar-refractivity contribution in [3.8, 4) is 5.75 Å². The van der Waals surface area contributed by atoms with E-state index in [2.05, 4.69) is 0 Å². The Morgan fingerprint density at radius 2 is 1.50 bits per heavy atom. The van der Waals surface area contributed by atoms with Crippen LogP contribution in [-0.2, 0) is 12.4 Å². The van der Waals surface area contributed by atoms with Gasteiger partial charge in [-0.15, -0.1) is 0 Å². The molecule has 0 spiro atoms. The molecule has 1 heterocycles. The van der Waals surface area contributed by atoms with Crippen LogP contribution in [0.2, 0.25) is 0 Å². The van der Waals surface area contributed by atoms with Crippen LogP contribution in [0.5, 0.6) is 5.75 Å². The Kier molecular flexibility index (Phi) is 4.60. The number of carbonyl (C=O) groups is 1. The van der Waals surface area contributed by atoms with Crippen LogP contribution in [0, 0.1) is 0 Å². The SMILES string of the molecule is CC1(C)CN(C(=O)c2cc(C(F)(F)F)cc(C(F)(F)F)c2)c2ccccc2O1. The Labute approximate surface area is 156 Å². The lowest BCUT2D eigenvalue weighted by Crippen LogP contribution is -2.49. The van der Waals surface area contributed by atoms with Crippen molar-refractivity contribution in [2.24, 2.45) is 0 Å². The third-order valence-corrected chi connectivity index (χ3v) is 4.16. The summed E-state index contributed by atoms with van der Waals surface area (Å²) in [4.78, 5) is 14.1. The molecule has 9 heteroatoms. The Hall–Kier alpha value is -2.71. The zero-order chi connectivity index (χ0) is 20.9. The number of fused-ring (bicyclic) bond motifs is 1. The quantitative estimate of drug-likeness (QED) is 0.585. The van der Waals surface area contributed by atoms with Crippen molar-refractivity contribution in [2.45, 2.75) is 31.8 Å². The first kappa shape index (κ1) is 20.0. The number of amides is 1. The lowest BCUT2D eigenvalue weighted by Gasteiger charge is -2.39. The van der Waals surface area contributed by atoms with Crippen molar-refractivity contribution >= 4 is 11.6 Å². The molecule has 2 aromatic rings. The van der Waals surface area contributed by atoms with Crippen LogP contribution < -0.4 is 9.64 Å². The van der Waals surface area contributed by atoms with Crippen molar-refractivity contribution in [3.63, 3.8) is 0 Å². The monoisotopic (exact) mass is 403 g/mol. The molecule has 2 aromatic carbocycles. The topological polar surface area (TPSA) is 29.5 Å². The van der Waals surface area contributed by atoms with Crippen molar-refractivity contribution in [2.75, 3.05) is 11.4 Å². The number of benzene rings is 2. The molecule has 0 aliphatic carbocycles. The molecule has 1 amide bonds. The molecule has 1 aliphatic heterocycles. The summed E-state index contributed by atoms with van der Waals surface area (Å²) < 4.78 is 84.3. The maximum atomic E-state index is 13.1. The van der Waals surface area contributed by atoms with Gasteiger partial charge in [0.2, 0.25) is 0 Å². The zero-order valence-corrected chi connectivity index (χ0v) is 14.8. The minimum absolute atomic E-state index is 0.00597. The first-order chi connectivity index (χ1) is 12.8. The fourth-order valence-corrected chi connectivity index (χ4v) is 2.98. The van der Waals surface area contributed by atoms with Gasteiger partial charge in [-0.1, -0.05) is 12.1 Å². The lowest BCUT2D eigenvalue weighted by atomic mass is 10.0. The van der Waals surface area contributed by atoms with E-state index < -0.39 is 40.6 Å². The average Bonchev–Trinajstić information content (AvgIpc) is 2.57. The number of para-hydroxylation sites is 2. The van der Waals surface area contributed by atoms with Crippen LogP contribution in [0.15, 0.2) is 42.5 Å². The molecule has 150 valence electrons. The summed E-state index contributed by atoms with van der Waals surface area (Å²) in [5.74, 6) is -0.657. The Bertz CT molecular complexity index is 885. The second kappa shape index (κ2) is 6.42. The Morgan fingerprint density at radius 3 is 2.04 bits per heavy atom. The van der Waals surface area contributed by atoms with Gasteiger partial charge in [0, 0.05) is 5.56 Å². The molecule has 0 unspecified atom stereocenters. The van der Waals surface area contributed by atoms with E-state index in [0.29, 0.717) is 17.9 Å². The van der Waals surface area contributed by atoms with Crippen molar-refractivity contribution in [3.05, 3.63) is 59.2 Å². The van der Waals surface area contributed by atoms with Crippen LogP contribution in [0.3, 0.4) is 0 Å². The van der Waals surface area contributed by atoms with Crippen LogP contribution in [-0.4, -0.2) is 18.1 Å². The highest BCUT2D eigenvalue weighted by Crippen LogP contribution is 2.40. The van der Waals surface area contributed by atoms with Gasteiger partial charge in [-0.3, -0.25) is 4.79 Å². The number of alkyl halides is 6. The van der Waals surface area contributed by atoms with E-state index in [4.69, 9.17) is 4.74 Å². The molecular weight excluding hydrogens is 388 g/mol. The van der Waals surface area contributed by atoms with Gasteiger partial charge >= 0.3 is 12.4 Å². The van der Waals surface area contributed by atoms with Crippen LogP contribution in [0.4, 0.5) is 32.0 Å². The van der Waals surface area contributed by atoms with Gasteiger partial charge in [0.1, 0.15) is 11.4 Å². The molecule has 0 fully saturated rings. The standard InChI is InChI=1S/C19H15F6NO2/c1-17(2)10-26(14-5-3-4-6-15(14)28-17)16(27)11-7-12(18(20,21)22)9-13(8-11)19(23,24)25/h3-9H,10H2,1-2H3. The van der Waals surface area contributed by atoms with Crippen molar-refractivity contribution in [1.29, 1.82) is 0 Å². The molecule has 0 saturated carbocycles. The number of rotatable bonds is 1. The highest BCUT2D eigenvalue weighted by Gasteiger charge is 2.40. The van der Waals surface area contributed by atoms with Gasteiger partial charge in [-0.25, -0.2) is 0 Å². The number of hydrogen-bond donors (Lipinski definition) is 0. The predicted octanol–water partition coefficient (Wildman–Crippen LogP) is 5.54. The molecule has 28 heavy (non-hydrogen) atoms. The second-order valence-electron chi connectivity index (χ2n) is 7.02. The summed E-state index contributed by atoms with van der Waals surface area (Å²) in [7, 11) is 0. The third kappa shape index (κ3) is 3.93. The molecule has 3 rings (SSSR count). The summed E-state index contributed by atoms with van der Waals surface area (Å²) in [6.45, 7) is 3.29. The van der Waals surface area contributed by atoms with E-state index in [0.717, 1.165) is 4.90 Å². The van der Waals surface area contributed by atoms with Crippen molar-refractivity contribution < 1.29 is 35.9 Å². The van der Waals surface area contributed by atoms with Crippen molar-refractivity contribution in [1.82, 2.24) is 0 Å². The number of anilines is 1. The molecule has 0 saturated heterocycles. The maximum Gasteiger partial charge on any atom is 0.416 e. The molecule has 0 bridgehead atoms. The number of carbonyl (C=O) groups excluding carboxylic acids is 1. The van der Waals surface area contributed by atoms with E-state index in [1.165, 1.54) is 6.07 Å². The summed E-state index contributed by atoms with van der Waals surface area (Å²) in [5.41, 5.74) is -4.37. The molecule has 3 nitrogen and oxygen atoms in total. The fourth-order valence-electron chi connectivity index (χ4n) is 2.98. The van der Waals surface area contributed by atoms with Gasteiger partial charge in [0.05, 0.1) is 23.4 Å². The number of nitrogens with zero attached hydrogens (tertiary/aromatic N) is 1. The summed E-state index contributed by atoms with van der Waals surface area (Å²) in [6, 6.07) is 7.19. The molecular formula is C19H15F6NO2. The zero-order valence-electron chi connectivity index (χ0n) is 14.8. The lowest BCUT2D eigenvalue weighted by molar-refractivity contribution is -0.143. The highest BCUT2D eigenvalue weighted by molar-refractivity contribution is 6.07. The van der Waals surface area contributed by atoms with Gasteiger partial charge in [0.15, 0.2) is 0 Å². The van der Waals surface area contributed by atoms with Gasteiger partial charge in [0.25, 0.3) is 5.91 Å². The maximum absolute atomic E-state index is 13.1. The summed E-state index contributed by atoms with van der Waals surface area (Å²) in [6.07, 6.45) is -10.1. The van der Waals surface area contributed by atoms with E-state index in [1.54, 1.807) is 32.0 Å².